The van der Waals surface area contributed by atoms with E-state index >= 15 is 0 Å². The molecule has 6 heteroatoms. The Kier molecular flexibility index (Phi) is 5.92. The predicted octanol–water partition coefficient (Wildman–Crippen LogP) is 2.34. The van der Waals surface area contributed by atoms with Gasteiger partial charge in [0.1, 0.15) is 5.82 Å². The van der Waals surface area contributed by atoms with Crippen molar-refractivity contribution in [1.29, 1.82) is 0 Å². The smallest absolute Gasteiger partial charge is 0.220 e. The Bertz CT molecular complexity index is 997. The van der Waals surface area contributed by atoms with E-state index in [0.29, 0.717) is 19.4 Å². The van der Waals surface area contributed by atoms with Crippen molar-refractivity contribution in [2.75, 3.05) is 19.6 Å². The first kappa shape index (κ1) is 19.6. The molecule has 0 bridgehead atoms. The molecule has 1 aromatic heterocycles. The third-order valence-electron chi connectivity index (χ3n) is 5.49. The highest BCUT2D eigenvalue weighted by Crippen LogP contribution is 2.18. The van der Waals surface area contributed by atoms with Gasteiger partial charge in [0.2, 0.25) is 5.91 Å². The second kappa shape index (κ2) is 8.76. The number of rotatable bonds is 7. The maximum Gasteiger partial charge on any atom is 0.220 e. The summed E-state index contributed by atoms with van der Waals surface area (Å²) in [6.45, 7) is 4.68. The average Bonchev–Trinajstić information content (AvgIpc) is 3.12. The molecular formula is C23H28N4O2. The van der Waals surface area contributed by atoms with E-state index in [1.54, 1.807) is 0 Å². The summed E-state index contributed by atoms with van der Waals surface area (Å²) in [6.07, 6.45) is 1.34. The molecule has 29 heavy (non-hydrogen) atoms. The van der Waals surface area contributed by atoms with Crippen LogP contribution < -0.4 is 5.32 Å². The third-order valence-corrected chi connectivity index (χ3v) is 5.49. The minimum atomic E-state index is -0.571. The van der Waals surface area contributed by atoms with Gasteiger partial charge in [0.15, 0.2) is 0 Å². The molecule has 1 aliphatic heterocycles. The van der Waals surface area contributed by atoms with Crippen molar-refractivity contribution in [1.82, 2.24) is 20.2 Å². The van der Waals surface area contributed by atoms with Gasteiger partial charge in [-0.05, 0) is 42.2 Å². The maximum atomic E-state index is 12.2. The van der Waals surface area contributed by atoms with Gasteiger partial charge in [0.05, 0.1) is 17.1 Å². The molecule has 152 valence electrons. The van der Waals surface area contributed by atoms with E-state index in [1.807, 2.05) is 19.1 Å². The molecule has 3 N–H and O–H groups in total. The largest absolute Gasteiger partial charge is 0.390 e. The fourth-order valence-corrected chi connectivity index (χ4v) is 3.92. The third kappa shape index (κ3) is 5.02. The molecule has 0 spiro atoms. The van der Waals surface area contributed by atoms with Crippen LogP contribution in [0.2, 0.25) is 0 Å². The zero-order chi connectivity index (χ0) is 20.2. The quantitative estimate of drug-likeness (QED) is 0.577. The predicted molar refractivity (Wildman–Crippen MR) is 114 cm³/mol. The van der Waals surface area contributed by atoms with Crippen molar-refractivity contribution in [2.24, 2.45) is 0 Å². The van der Waals surface area contributed by atoms with Crippen molar-refractivity contribution >= 4 is 16.9 Å². The number of amides is 1. The highest BCUT2D eigenvalue weighted by Gasteiger charge is 2.18. The number of aryl methyl sites for hydroxylation is 2. The van der Waals surface area contributed by atoms with Gasteiger partial charge >= 0.3 is 0 Å². The highest BCUT2D eigenvalue weighted by molar-refractivity contribution is 5.77. The first-order chi connectivity index (χ1) is 14.1. The van der Waals surface area contributed by atoms with Crippen LogP contribution in [-0.4, -0.2) is 51.6 Å². The Morgan fingerprint density at radius 3 is 2.97 bits per heavy atom. The molecule has 6 nitrogen and oxygen atoms in total. The number of carbonyl (C=O) groups excluding carboxylic acids is 1. The van der Waals surface area contributed by atoms with Gasteiger partial charge in [0.25, 0.3) is 0 Å². The Labute approximate surface area is 171 Å². The molecule has 3 aromatic rings. The number of β-amino-alcohol motifs (C(OH)–C–C–N with tert-alkyl or cyclic N) is 1. The van der Waals surface area contributed by atoms with Crippen LogP contribution in [0.25, 0.3) is 11.0 Å². The highest BCUT2D eigenvalue weighted by atomic mass is 16.3. The molecule has 0 saturated heterocycles. The number of aromatic nitrogens is 2. The first-order valence-corrected chi connectivity index (χ1v) is 10.3. The van der Waals surface area contributed by atoms with Gasteiger partial charge in [-0.2, -0.15) is 0 Å². The number of nitrogens with one attached hydrogen (secondary N) is 2. The lowest BCUT2D eigenvalue weighted by Gasteiger charge is -2.30. The number of aliphatic hydroxyl groups is 1. The number of hydrogen-bond donors (Lipinski definition) is 3. The molecule has 0 aliphatic carbocycles. The van der Waals surface area contributed by atoms with Gasteiger partial charge in [-0.15, -0.1) is 0 Å². The second-order valence-electron chi connectivity index (χ2n) is 7.92. The van der Waals surface area contributed by atoms with Crippen LogP contribution in [0.15, 0.2) is 42.5 Å². The molecule has 0 fully saturated rings. The number of hydrogen-bond acceptors (Lipinski definition) is 4. The second-order valence-corrected chi connectivity index (χ2v) is 7.92. The molecule has 1 amide bonds. The number of carbonyl (C=O) groups is 1. The number of fused-ring (bicyclic) bond motifs is 2. The Morgan fingerprint density at radius 1 is 1.28 bits per heavy atom. The van der Waals surface area contributed by atoms with Crippen molar-refractivity contribution in [3.8, 4) is 0 Å². The lowest BCUT2D eigenvalue weighted by Crippen LogP contribution is -2.42. The molecule has 4 rings (SSSR count). The van der Waals surface area contributed by atoms with E-state index in [-0.39, 0.29) is 12.5 Å². The minimum Gasteiger partial charge on any atom is -0.390 e. The number of benzene rings is 2. The Balaban J connectivity index is 1.20. The summed E-state index contributed by atoms with van der Waals surface area (Å²) in [6, 6.07) is 14.5. The molecule has 2 heterocycles. The fraction of sp³-hybridized carbons (Fsp3) is 0.391. The molecular weight excluding hydrogens is 364 g/mol. The van der Waals surface area contributed by atoms with Crippen molar-refractivity contribution in [3.05, 3.63) is 65.0 Å². The van der Waals surface area contributed by atoms with Crippen molar-refractivity contribution in [3.63, 3.8) is 0 Å². The zero-order valence-corrected chi connectivity index (χ0v) is 16.8. The average molecular weight is 393 g/mol. The lowest BCUT2D eigenvalue weighted by molar-refractivity contribution is -0.121. The Morgan fingerprint density at radius 2 is 2.10 bits per heavy atom. The number of nitrogens with zero attached hydrogens (tertiary/aromatic N) is 2. The summed E-state index contributed by atoms with van der Waals surface area (Å²) in [5, 5.41) is 13.2. The van der Waals surface area contributed by atoms with E-state index in [2.05, 4.69) is 50.5 Å². The van der Waals surface area contributed by atoms with Gasteiger partial charge < -0.3 is 15.4 Å². The first-order valence-electron chi connectivity index (χ1n) is 10.3. The van der Waals surface area contributed by atoms with Crippen LogP contribution in [0, 0.1) is 6.92 Å². The molecule has 0 radical (unpaired) electrons. The van der Waals surface area contributed by atoms with Gasteiger partial charge in [-0.25, -0.2) is 4.98 Å². The van der Waals surface area contributed by atoms with E-state index in [4.69, 9.17) is 0 Å². The number of imidazole rings is 1. The lowest BCUT2D eigenvalue weighted by atomic mass is 10.00. The van der Waals surface area contributed by atoms with Crippen molar-refractivity contribution < 1.29 is 9.90 Å². The molecule has 2 aromatic carbocycles. The molecule has 1 unspecified atom stereocenters. The van der Waals surface area contributed by atoms with Gasteiger partial charge in [0, 0.05) is 39.0 Å². The van der Waals surface area contributed by atoms with E-state index in [0.717, 1.165) is 36.4 Å². The standard InChI is InChI=1S/C23H28N4O2/c1-16-6-7-20-21(12-16)26-22(25-20)8-9-23(29)24-13-19(28)15-27-11-10-17-4-2-3-5-18(17)14-27/h2-7,12,19,28H,8-11,13-15H2,1H3,(H,24,29)(H,25,26). The van der Waals surface area contributed by atoms with E-state index in [1.165, 1.54) is 16.7 Å². The van der Waals surface area contributed by atoms with E-state index in [9.17, 15) is 9.90 Å². The number of aliphatic hydroxyl groups excluding tert-OH is 1. The van der Waals surface area contributed by atoms with Crippen LogP contribution in [0.5, 0.6) is 0 Å². The summed E-state index contributed by atoms with van der Waals surface area (Å²) in [4.78, 5) is 22.2. The maximum absolute atomic E-state index is 12.2. The summed E-state index contributed by atoms with van der Waals surface area (Å²) < 4.78 is 0. The molecule has 1 aliphatic rings. The van der Waals surface area contributed by atoms with Crippen LogP contribution >= 0.6 is 0 Å². The summed E-state index contributed by atoms with van der Waals surface area (Å²) >= 11 is 0. The molecule has 1 atom stereocenters. The van der Waals surface area contributed by atoms with Crippen LogP contribution in [-0.2, 0) is 24.2 Å². The van der Waals surface area contributed by atoms with E-state index < -0.39 is 6.10 Å². The van der Waals surface area contributed by atoms with Crippen LogP contribution in [0.3, 0.4) is 0 Å². The van der Waals surface area contributed by atoms with Gasteiger partial charge in [-0.1, -0.05) is 30.3 Å². The van der Waals surface area contributed by atoms with Crippen molar-refractivity contribution in [2.45, 2.75) is 38.8 Å². The van der Waals surface area contributed by atoms with Crippen LogP contribution in [0.4, 0.5) is 0 Å². The normalized spacial score (nSPS) is 15.2. The minimum absolute atomic E-state index is 0.0651. The summed E-state index contributed by atoms with van der Waals surface area (Å²) in [5.74, 6) is 0.748. The SMILES string of the molecule is Cc1ccc2nc(CCC(=O)NCC(O)CN3CCc4ccccc4C3)[nH]c2c1. The topological polar surface area (TPSA) is 81.2 Å². The fourth-order valence-electron chi connectivity index (χ4n) is 3.92. The molecule has 0 saturated carbocycles. The summed E-state index contributed by atoms with van der Waals surface area (Å²) in [7, 11) is 0. The zero-order valence-electron chi connectivity index (χ0n) is 16.8. The monoisotopic (exact) mass is 392 g/mol. The Hall–Kier alpha value is -2.70. The number of H-pyrrole nitrogens is 1. The number of aromatic amines is 1. The van der Waals surface area contributed by atoms with Crippen LogP contribution in [0.1, 0.15) is 28.9 Å². The van der Waals surface area contributed by atoms with Gasteiger partial charge in [-0.3, -0.25) is 9.69 Å². The summed E-state index contributed by atoms with van der Waals surface area (Å²) in [5.41, 5.74) is 5.82.